The van der Waals surface area contributed by atoms with Crippen molar-refractivity contribution >= 4 is 6.09 Å². The van der Waals surface area contributed by atoms with Gasteiger partial charge in [0.05, 0.1) is 6.10 Å². The van der Waals surface area contributed by atoms with E-state index >= 15 is 0 Å². The Bertz CT molecular complexity index is 322. The Hall–Kier alpha value is -1.51. The number of hydrogen-bond acceptors (Lipinski definition) is 2. The lowest BCUT2D eigenvalue weighted by Gasteiger charge is -2.14. The molecule has 0 saturated heterocycles. The van der Waals surface area contributed by atoms with Crippen LogP contribution in [0.1, 0.15) is 32.3 Å². The number of benzene rings is 1. The topological polar surface area (TPSA) is 38.3 Å². The number of ether oxygens (including phenoxy) is 1. The molecule has 0 saturated carbocycles. The van der Waals surface area contributed by atoms with E-state index in [-0.39, 0.29) is 12.2 Å². The lowest BCUT2D eigenvalue weighted by molar-refractivity contribution is 0.115. The highest BCUT2D eigenvalue weighted by molar-refractivity contribution is 5.67. The molecule has 1 N–H and O–H groups in total. The molecule has 3 nitrogen and oxygen atoms in total. The molecule has 1 rings (SSSR count). The van der Waals surface area contributed by atoms with Gasteiger partial charge in [0, 0.05) is 6.54 Å². The van der Waals surface area contributed by atoms with Crippen LogP contribution in [0.15, 0.2) is 30.3 Å². The third-order valence-corrected chi connectivity index (χ3v) is 2.26. The number of nitrogens with one attached hydrogen (secondary N) is 1. The first-order valence-corrected chi connectivity index (χ1v) is 5.59. The van der Waals surface area contributed by atoms with Crippen LogP contribution in [0.5, 0.6) is 0 Å². The second kappa shape index (κ2) is 6.16. The van der Waals surface area contributed by atoms with Crippen molar-refractivity contribution in [3.05, 3.63) is 35.9 Å². The maximum Gasteiger partial charge on any atom is 0.407 e. The first kappa shape index (κ1) is 12.6. The van der Waals surface area contributed by atoms with Gasteiger partial charge >= 0.3 is 6.09 Å². The van der Waals surface area contributed by atoms with Gasteiger partial charge in [-0.05, 0) is 25.3 Å². The van der Waals surface area contributed by atoms with Crippen LogP contribution >= 0.6 is 0 Å². The van der Waals surface area contributed by atoms with E-state index in [1.807, 2.05) is 32.0 Å². The maximum absolute atomic E-state index is 11.3. The smallest absolute Gasteiger partial charge is 0.407 e. The van der Waals surface area contributed by atoms with Gasteiger partial charge in [-0.2, -0.15) is 0 Å². The van der Waals surface area contributed by atoms with Gasteiger partial charge < -0.3 is 10.1 Å². The van der Waals surface area contributed by atoms with E-state index < -0.39 is 0 Å². The Kier molecular flexibility index (Phi) is 4.83. The highest BCUT2D eigenvalue weighted by Crippen LogP contribution is 2.12. The molecule has 0 heterocycles. The van der Waals surface area contributed by atoms with Crippen molar-refractivity contribution in [3.8, 4) is 0 Å². The number of alkyl carbamates (subject to hydrolysis) is 1. The summed E-state index contributed by atoms with van der Waals surface area (Å²) in [6.45, 7) is 6.33. The lowest BCUT2D eigenvalue weighted by atomic mass is 10.0. The van der Waals surface area contributed by atoms with E-state index in [1.54, 1.807) is 0 Å². The Morgan fingerprint density at radius 2 is 1.88 bits per heavy atom. The van der Waals surface area contributed by atoms with E-state index in [1.165, 1.54) is 5.56 Å². The molecule has 1 atom stereocenters. The molecule has 1 aromatic rings. The van der Waals surface area contributed by atoms with Crippen LogP contribution in [-0.4, -0.2) is 18.7 Å². The largest absolute Gasteiger partial charge is 0.447 e. The summed E-state index contributed by atoms with van der Waals surface area (Å²) >= 11 is 0. The van der Waals surface area contributed by atoms with Gasteiger partial charge in [0.1, 0.15) is 0 Å². The predicted octanol–water partition coefficient (Wildman–Crippen LogP) is 2.92. The van der Waals surface area contributed by atoms with Crippen LogP contribution in [0.4, 0.5) is 4.79 Å². The molecule has 88 valence electrons. The molecule has 0 aliphatic rings. The normalized spacial score (nSPS) is 12.2. The standard InChI is InChI=1S/C13H19NO2/c1-10(2)16-13(15)14-9-11(3)12-7-5-4-6-8-12/h4-8,10-11H,9H2,1-3H3,(H,14,15). The number of hydrogen-bond donors (Lipinski definition) is 1. The van der Waals surface area contributed by atoms with Crippen molar-refractivity contribution in [1.29, 1.82) is 0 Å². The number of carbonyl (C=O) groups excluding carboxylic acids is 1. The molecule has 0 aliphatic heterocycles. The van der Waals surface area contributed by atoms with Gasteiger partial charge in [-0.15, -0.1) is 0 Å². The summed E-state index contributed by atoms with van der Waals surface area (Å²) in [5, 5.41) is 2.75. The van der Waals surface area contributed by atoms with Gasteiger partial charge in [-0.25, -0.2) is 4.79 Å². The summed E-state index contributed by atoms with van der Waals surface area (Å²) < 4.78 is 4.99. The minimum absolute atomic E-state index is 0.0768. The van der Waals surface area contributed by atoms with E-state index in [0.717, 1.165) is 0 Å². The highest BCUT2D eigenvalue weighted by Gasteiger charge is 2.08. The Balaban J connectivity index is 2.36. The van der Waals surface area contributed by atoms with Crippen molar-refractivity contribution in [2.75, 3.05) is 6.54 Å². The zero-order valence-corrected chi connectivity index (χ0v) is 10.1. The minimum atomic E-state index is -0.349. The van der Waals surface area contributed by atoms with Gasteiger partial charge in [-0.3, -0.25) is 0 Å². The van der Waals surface area contributed by atoms with Crippen LogP contribution in [-0.2, 0) is 4.74 Å². The van der Waals surface area contributed by atoms with Crippen LogP contribution in [0.2, 0.25) is 0 Å². The van der Waals surface area contributed by atoms with E-state index in [0.29, 0.717) is 12.5 Å². The zero-order chi connectivity index (χ0) is 12.0. The Morgan fingerprint density at radius 3 is 2.44 bits per heavy atom. The highest BCUT2D eigenvalue weighted by atomic mass is 16.6. The van der Waals surface area contributed by atoms with Crippen LogP contribution < -0.4 is 5.32 Å². The molecule has 0 aromatic heterocycles. The Morgan fingerprint density at radius 1 is 1.25 bits per heavy atom. The van der Waals surface area contributed by atoms with Gasteiger partial charge in [-0.1, -0.05) is 37.3 Å². The predicted molar refractivity (Wildman–Crippen MR) is 64.5 cm³/mol. The summed E-state index contributed by atoms with van der Waals surface area (Å²) in [6, 6.07) is 10.1. The van der Waals surface area contributed by atoms with Crippen molar-refractivity contribution in [1.82, 2.24) is 5.32 Å². The fraction of sp³-hybridized carbons (Fsp3) is 0.462. The van der Waals surface area contributed by atoms with Crippen molar-refractivity contribution in [2.24, 2.45) is 0 Å². The summed E-state index contributed by atoms with van der Waals surface area (Å²) in [5.41, 5.74) is 1.22. The zero-order valence-electron chi connectivity index (χ0n) is 10.1. The van der Waals surface area contributed by atoms with Crippen molar-refractivity contribution in [3.63, 3.8) is 0 Å². The quantitative estimate of drug-likeness (QED) is 0.849. The van der Waals surface area contributed by atoms with Crippen molar-refractivity contribution < 1.29 is 9.53 Å². The minimum Gasteiger partial charge on any atom is -0.447 e. The third-order valence-electron chi connectivity index (χ3n) is 2.26. The molecule has 1 aromatic carbocycles. The summed E-state index contributed by atoms with van der Waals surface area (Å²) in [4.78, 5) is 11.3. The van der Waals surface area contributed by atoms with E-state index in [4.69, 9.17) is 4.74 Å². The van der Waals surface area contributed by atoms with Crippen molar-refractivity contribution in [2.45, 2.75) is 32.8 Å². The first-order chi connectivity index (χ1) is 7.59. The monoisotopic (exact) mass is 221 g/mol. The molecule has 0 spiro atoms. The summed E-state index contributed by atoms with van der Waals surface area (Å²) in [7, 11) is 0. The average Bonchev–Trinajstić information content (AvgIpc) is 2.26. The molecule has 0 radical (unpaired) electrons. The van der Waals surface area contributed by atoms with E-state index in [2.05, 4.69) is 24.4 Å². The molecule has 0 aliphatic carbocycles. The summed E-state index contributed by atoms with van der Waals surface area (Å²) in [6.07, 6.45) is -0.426. The second-order valence-corrected chi connectivity index (χ2v) is 4.15. The molecular formula is C13H19NO2. The molecular weight excluding hydrogens is 202 g/mol. The molecule has 16 heavy (non-hydrogen) atoms. The first-order valence-electron chi connectivity index (χ1n) is 5.59. The summed E-state index contributed by atoms with van der Waals surface area (Å²) in [5.74, 6) is 0.293. The number of amides is 1. The van der Waals surface area contributed by atoms with Crippen LogP contribution in [0.25, 0.3) is 0 Å². The Labute approximate surface area is 96.8 Å². The second-order valence-electron chi connectivity index (χ2n) is 4.15. The fourth-order valence-electron chi connectivity index (χ4n) is 1.39. The molecule has 0 bridgehead atoms. The fourth-order valence-corrected chi connectivity index (χ4v) is 1.39. The van der Waals surface area contributed by atoms with Gasteiger partial charge in [0.25, 0.3) is 0 Å². The van der Waals surface area contributed by atoms with Gasteiger partial charge in [0.2, 0.25) is 0 Å². The lowest BCUT2D eigenvalue weighted by Crippen LogP contribution is -2.30. The van der Waals surface area contributed by atoms with Gasteiger partial charge in [0.15, 0.2) is 0 Å². The average molecular weight is 221 g/mol. The SMILES string of the molecule is CC(C)OC(=O)NCC(C)c1ccccc1. The number of carbonyl (C=O) groups is 1. The molecule has 0 fully saturated rings. The van der Waals surface area contributed by atoms with E-state index in [9.17, 15) is 4.79 Å². The third kappa shape index (κ3) is 4.34. The van der Waals surface area contributed by atoms with Crippen LogP contribution in [0, 0.1) is 0 Å². The molecule has 1 unspecified atom stereocenters. The number of rotatable bonds is 4. The van der Waals surface area contributed by atoms with Crippen LogP contribution in [0.3, 0.4) is 0 Å². The molecule has 3 heteroatoms. The maximum atomic E-state index is 11.3. The molecule has 1 amide bonds.